The summed E-state index contributed by atoms with van der Waals surface area (Å²) in [5.74, 6) is 1.32. The van der Waals surface area contributed by atoms with E-state index in [0.717, 1.165) is 33.7 Å². The number of halogens is 2. The summed E-state index contributed by atoms with van der Waals surface area (Å²) in [5.41, 5.74) is -0.275. The molecule has 2 aromatic heterocycles. The number of hydrogen-bond donors (Lipinski definition) is 4. The second-order valence-corrected chi connectivity index (χ2v) is 16.0. The Bertz CT molecular complexity index is 2940. The van der Waals surface area contributed by atoms with Gasteiger partial charge in [-0.25, -0.2) is 9.97 Å². The van der Waals surface area contributed by atoms with Gasteiger partial charge in [0.2, 0.25) is 22.3 Å². The molecule has 14 nitrogen and oxygen atoms in total. The quantitative estimate of drug-likeness (QED) is 0.0543. The first-order chi connectivity index (χ1) is 27.7. The molecular weight excluding hydrogens is 873 g/mol. The Kier molecular flexibility index (Phi) is 14.1. The van der Waals surface area contributed by atoms with Crippen molar-refractivity contribution in [2.75, 3.05) is 10.6 Å². The second-order valence-electron chi connectivity index (χ2n) is 12.6. The molecule has 292 valence electrons. The van der Waals surface area contributed by atoms with Gasteiger partial charge in [0.25, 0.3) is 20.2 Å². The molecule has 0 spiro atoms. The summed E-state index contributed by atoms with van der Waals surface area (Å²) in [5, 5.41) is 9.34. The topological polar surface area (TPSA) is 203 Å². The number of rotatable bonds is 11. The SMILES string of the molecule is O=S(=O)(O)c1cc(Nc2cc(Oc3ccc4ccccc4c3)nc(Cl)n2)ccc1-c1ccc(Nc2cc(Oc3ccc4ccccc4c3)nc(Cl)n2)cc1S(=O)(=O)O.[Na].[Na]. The molecule has 2 radical (unpaired) electrons. The number of ether oxygens (including phenoxy) is 2. The number of nitrogens with one attached hydrogen (secondary N) is 2. The van der Waals surface area contributed by atoms with E-state index in [-0.39, 0.29) is 116 Å². The summed E-state index contributed by atoms with van der Waals surface area (Å²) >= 11 is 12.4. The summed E-state index contributed by atoms with van der Waals surface area (Å²) in [7, 11) is -10.0. The molecule has 20 heteroatoms. The van der Waals surface area contributed by atoms with Gasteiger partial charge in [0.05, 0.1) is 0 Å². The minimum absolute atomic E-state index is 0. The molecule has 8 aromatic rings. The van der Waals surface area contributed by atoms with Crippen LogP contribution < -0.4 is 20.1 Å². The van der Waals surface area contributed by atoms with Gasteiger partial charge in [-0.3, -0.25) is 9.11 Å². The number of nitrogens with zero attached hydrogens (tertiary/aromatic N) is 4. The summed E-state index contributed by atoms with van der Waals surface area (Å²) in [6.07, 6.45) is 0. The first-order valence-electron chi connectivity index (χ1n) is 16.9. The van der Waals surface area contributed by atoms with Crippen molar-refractivity contribution in [1.29, 1.82) is 0 Å². The molecule has 4 N–H and O–H groups in total. The van der Waals surface area contributed by atoms with Crippen molar-refractivity contribution in [3.05, 3.63) is 144 Å². The van der Waals surface area contributed by atoms with Gasteiger partial charge in [-0.1, -0.05) is 72.8 Å². The van der Waals surface area contributed by atoms with Crippen LogP contribution in [-0.2, 0) is 20.2 Å². The van der Waals surface area contributed by atoms with Crippen LogP contribution in [0.4, 0.5) is 23.0 Å². The van der Waals surface area contributed by atoms with Gasteiger partial charge < -0.3 is 20.1 Å². The van der Waals surface area contributed by atoms with E-state index in [0.29, 0.717) is 11.5 Å². The molecule has 6 aromatic carbocycles. The first-order valence-corrected chi connectivity index (χ1v) is 20.6. The molecule has 0 amide bonds. The average molecular weight is 900 g/mol. The Labute approximate surface area is 397 Å². The van der Waals surface area contributed by atoms with Crippen molar-refractivity contribution in [3.8, 4) is 34.4 Å². The Hall–Kier alpha value is -4.40. The van der Waals surface area contributed by atoms with E-state index in [1.165, 1.54) is 36.4 Å². The molecule has 0 aliphatic rings. The van der Waals surface area contributed by atoms with Crippen LogP contribution >= 0.6 is 23.2 Å². The second kappa shape index (κ2) is 18.7. The zero-order valence-corrected chi connectivity index (χ0v) is 38.6. The minimum Gasteiger partial charge on any atom is -0.439 e. The summed E-state index contributed by atoms with van der Waals surface area (Å²) in [6.45, 7) is 0. The number of aromatic nitrogens is 4. The molecule has 0 saturated carbocycles. The van der Waals surface area contributed by atoms with Crippen LogP contribution in [0.3, 0.4) is 0 Å². The van der Waals surface area contributed by atoms with E-state index in [9.17, 15) is 25.9 Å². The molecular formula is C40H26Cl2N6Na2O8S2. The van der Waals surface area contributed by atoms with Crippen LogP contribution in [0.2, 0.25) is 10.6 Å². The number of anilines is 4. The van der Waals surface area contributed by atoms with Crippen molar-refractivity contribution >= 4 is 147 Å². The van der Waals surface area contributed by atoms with Crippen molar-refractivity contribution in [2.24, 2.45) is 0 Å². The third-order valence-corrected chi connectivity index (χ3v) is 10.7. The molecule has 0 aliphatic heterocycles. The molecule has 8 rings (SSSR count). The molecule has 2 heterocycles. The van der Waals surface area contributed by atoms with Gasteiger partial charge in [-0.05, 0) is 93.3 Å². The molecule has 60 heavy (non-hydrogen) atoms. The number of fused-ring (bicyclic) bond motifs is 2. The summed E-state index contributed by atoms with van der Waals surface area (Å²) in [6, 6.07) is 36.6. The molecule has 0 saturated heterocycles. The Morgan fingerprint density at radius 1 is 0.467 bits per heavy atom. The molecule has 0 fully saturated rings. The first kappa shape index (κ1) is 45.1. The van der Waals surface area contributed by atoms with Gasteiger partial charge in [-0.15, -0.1) is 0 Å². The van der Waals surface area contributed by atoms with E-state index < -0.39 is 30.0 Å². The van der Waals surface area contributed by atoms with Crippen LogP contribution in [0, 0.1) is 0 Å². The molecule has 0 bridgehead atoms. The van der Waals surface area contributed by atoms with Crippen molar-refractivity contribution in [1.82, 2.24) is 19.9 Å². The third kappa shape index (κ3) is 10.7. The predicted molar refractivity (Wildman–Crippen MR) is 232 cm³/mol. The van der Waals surface area contributed by atoms with Crippen molar-refractivity contribution < 1.29 is 35.4 Å². The maximum atomic E-state index is 12.8. The predicted octanol–water partition coefficient (Wildman–Crippen LogP) is 9.35. The largest absolute Gasteiger partial charge is 0.439 e. The average Bonchev–Trinajstić information content (AvgIpc) is 3.17. The Morgan fingerprint density at radius 3 is 1.23 bits per heavy atom. The number of benzene rings is 6. The van der Waals surface area contributed by atoms with Crippen LogP contribution in [0.5, 0.6) is 23.3 Å². The van der Waals surface area contributed by atoms with Crippen LogP contribution in [0.25, 0.3) is 32.7 Å². The van der Waals surface area contributed by atoms with E-state index in [2.05, 4.69) is 30.6 Å². The van der Waals surface area contributed by atoms with Crippen molar-refractivity contribution in [2.45, 2.75) is 9.79 Å². The fraction of sp³-hybridized carbons (Fsp3) is 0. The molecule has 0 unspecified atom stereocenters. The van der Waals surface area contributed by atoms with Gasteiger partial charge >= 0.3 is 0 Å². The van der Waals surface area contributed by atoms with E-state index >= 15 is 0 Å². The van der Waals surface area contributed by atoms with Crippen LogP contribution in [0.15, 0.2) is 143 Å². The molecule has 0 aliphatic carbocycles. The van der Waals surface area contributed by atoms with Gasteiger partial charge in [0, 0.05) is 93.7 Å². The normalized spacial score (nSPS) is 11.3. The van der Waals surface area contributed by atoms with Gasteiger partial charge in [0.15, 0.2) is 0 Å². The fourth-order valence-electron chi connectivity index (χ4n) is 6.10. The van der Waals surface area contributed by atoms with Gasteiger partial charge in [-0.2, -0.15) is 26.8 Å². The third-order valence-electron chi connectivity index (χ3n) is 8.59. The standard InChI is InChI=1S/C40H26Cl2N6O8S2.2Na/c41-39-45-35(21-37(47-39)55-29-13-9-23-5-1-3-7-25(23)17-29)43-27-11-15-31(33(19-27)57(49,50)51)32-16-12-28(20-34(32)58(52,53)54)44-36-22-38(48-40(42)46-36)56-30-14-10-24-6-2-4-8-26(24)18-30;;/h1-22H,(H,43,45,47)(H,44,46,48)(H,49,50,51)(H,52,53,54);;. The van der Waals surface area contributed by atoms with Crippen molar-refractivity contribution in [3.63, 3.8) is 0 Å². The van der Waals surface area contributed by atoms with E-state index in [1.54, 1.807) is 12.1 Å². The maximum absolute atomic E-state index is 12.8. The Morgan fingerprint density at radius 2 is 0.850 bits per heavy atom. The zero-order valence-electron chi connectivity index (χ0n) is 31.4. The Balaban J connectivity index is 0.00000302. The summed E-state index contributed by atoms with van der Waals surface area (Å²) in [4.78, 5) is 15.1. The number of hydrogen-bond acceptors (Lipinski definition) is 12. The van der Waals surface area contributed by atoms with E-state index in [4.69, 9.17) is 32.7 Å². The monoisotopic (exact) mass is 898 g/mol. The maximum Gasteiger partial charge on any atom is 0.295 e. The molecule has 0 atom stereocenters. The smallest absolute Gasteiger partial charge is 0.295 e. The van der Waals surface area contributed by atoms with Crippen LogP contribution in [0.1, 0.15) is 0 Å². The minimum atomic E-state index is -5.00. The summed E-state index contributed by atoms with van der Waals surface area (Å²) < 4.78 is 83.5. The van der Waals surface area contributed by atoms with Crippen LogP contribution in [-0.4, -0.2) is 105 Å². The van der Waals surface area contributed by atoms with E-state index in [1.807, 2.05) is 72.8 Å². The van der Waals surface area contributed by atoms with Gasteiger partial charge in [0.1, 0.15) is 32.9 Å². The zero-order chi connectivity index (χ0) is 40.6. The fourth-order valence-corrected chi connectivity index (χ4v) is 7.91.